The lowest BCUT2D eigenvalue weighted by molar-refractivity contribution is -0.126. The molecule has 3 aromatic carbocycles. The molecule has 0 spiro atoms. The van der Waals surface area contributed by atoms with Crippen molar-refractivity contribution in [3.05, 3.63) is 93.4 Å². The Hall–Kier alpha value is -2.57. The first kappa shape index (κ1) is 20.3. The molecule has 2 saturated heterocycles. The van der Waals surface area contributed by atoms with Crippen LogP contribution < -0.4 is 9.96 Å². The number of para-hydroxylation sites is 2. The third kappa shape index (κ3) is 3.29. The maximum Gasteiger partial charge on any atom is 0.266 e. The Labute approximate surface area is 193 Å². The van der Waals surface area contributed by atoms with Crippen LogP contribution in [0.15, 0.2) is 72.8 Å². The predicted octanol–water partition coefficient (Wildman–Crippen LogP) is 5.70. The van der Waals surface area contributed by atoms with Crippen molar-refractivity contribution >= 4 is 58.0 Å². The number of carbonyl (C=O) groups excluding carboxylic acids is 2. The van der Waals surface area contributed by atoms with Crippen molar-refractivity contribution in [2.24, 2.45) is 5.92 Å². The molecule has 0 unspecified atom stereocenters. The molecule has 5 nitrogen and oxygen atoms in total. The molecular formula is C23H15Cl3N2O3. The van der Waals surface area contributed by atoms with E-state index >= 15 is 0 Å². The summed E-state index contributed by atoms with van der Waals surface area (Å²) in [6, 6.07) is 20.5. The second-order valence-corrected chi connectivity index (χ2v) is 8.54. The van der Waals surface area contributed by atoms with Crippen LogP contribution in [0.1, 0.15) is 11.6 Å². The van der Waals surface area contributed by atoms with Crippen molar-refractivity contribution in [1.29, 1.82) is 0 Å². The maximum atomic E-state index is 13.6. The summed E-state index contributed by atoms with van der Waals surface area (Å²) >= 11 is 18.9. The van der Waals surface area contributed by atoms with Gasteiger partial charge in [-0.05, 0) is 42.0 Å². The quantitative estimate of drug-likeness (QED) is 0.458. The number of carbonyl (C=O) groups is 2. The highest BCUT2D eigenvalue weighted by Crippen LogP contribution is 2.49. The van der Waals surface area contributed by atoms with Crippen LogP contribution in [0.2, 0.25) is 15.1 Å². The number of anilines is 2. The zero-order valence-electron chi connectivity index (χ0n) is 15.9. The Bertz CT molecular complexity index is 1190. The largest absolute Gasteiger partial charge is 0.273 e. The Balaban J connectivity index is 1.63. The molecule has 2 aliphatic heterocycles. The van der Waals surface area contributed by atoms with E-state index in [1.807, 2.05) is 30.3 Å². The normalized spacial score (nSPS) is 22.9. The van der Waals surface area contributed by atoms with E-state index in [4.69, 9.17) is 39.6 Å². The standard InChI is InChI=1S/C23H15Cl3N2O3/c24-13-10-11-15(17(26)12-13)20-19-21(31-28(20)14-6-2-1-3-7-14)23(30)27(22(19)29)18-9-5-4-8-16(18)25/h1-12,19-21H/t19-,20+,21+/m0/s1. The van der Waals surface area contributed by atoms with E-state index in [0.29, 0.717) is 32.0 Å². The third-order valence-corrected chi connectivity index (χ3v) is 6.38. The van der Waals surface area contributed by atoms with Gasteiger partial charge in [-0.25, -0.2) is 9.96 Å². The molecule has 5 rings (SSSR count). The van der Waals surface area contributed by atoms with Gasteiger partial charge in [-0.1, -0.05) is 71.2 Å². The van der Waals surface area contributed by atoms with Gasteiger partial charge in [0.2, 0.25) is 5.91 Å². The predicted molar refractivity (Wildman–Crippen MR) is 120 cm³/mol. The van der Waals surface area contributed by atoms with Gasteiger partial charge in [0.05, 0.1) is 22.4 Å². The molecule has 8 heteroatoms. The molecule has 2 aliphatic rings. The summed E-state index contributed by atoms with van der Waals surface area (Å²) in [7, 11) is 0. The van der Waals surface area contributed by atoms with Gasteiger partial charge < -0.3 is 0 Å². The molecule has 0 saturated carbocycles. The number of imide groups is 1. The Morgan fingerprint density at radius 2 is 1.48 bits per heavy atom. The molecule has 31 heavy (non-hydrogen) atoms. The smallest absolute Gasteiger partial charge is 0.266 e. The van der Waals surface area contributed by atoms with E-state index in [1.54, 1.807) is 47.5 Å². The highest BCUT2D eigenvalue weighted by Gasteiger charge is 2.60. The first-order valence-corrected chi connectivity index (χ1v) is 10.7. The molecule has 0 aromatic heterocycles. The third-order valence-electron chi connectivity index (χ3n) is 5.50. The van der Waals surface area contributed by atoms with Crippen LogP contribution in [0, 0.1) is 5.92 Å². The molecular weight excluding hydrogens is 459 g/mol. The van der Waals surface area contributed by atoms with Crippen molar-refractivity contribution < 1.29 is 14.4 Å². The van der Waals surface area contributed by atoms with Crippen LogP contribution >= 0.6 is 34.8 Å². The van der Waals surface area contributed by atoms with E-state index in [1.165, 1.54) is 0 Å². The topological polar surface area (TPSA) is 49.9 Å². The Morgan fingerprint density at radius 1 is 0.774 bits per heavy atom. The fraction of sp³-hybridized carbons (Fsp3) is 0.130. The van der Waals surface area contributed by atoms with Crippen LogP contribution in [-0.2, 0) is 14.4 Å². The fourth-order valence-electron chi connectivity index (χ4n) is 4.14. The van der Waals surface area contributed by atoms with Crippen LogP contribution in [0.25, 0.3) is 0 Å². The van der Waals surface area contributed by atoms with Gasteiger partial charge in [0.15, 0.2) is 6.10 Å². The molecule has 3 atom stereocenters. The summed E-state index contributed by atoms with van der Waals surface area (Å²) in [6.07, 6.45) is -0.999. The van der Waals surface area contributed by atoms with E-state index in [2.05, 4.69) is 0 Å². The minimum absolute atomic E-state index is 0.310. The summed E-state index contributed by atoms with van der Waals surface area (Å²) in [5.41, 5.74) is 1.69. The zero-order valence-corrected chi connectivity index (χ0v) is 18.2. The van der Waals surface area contributed by atoms with Crippen LogP contribution in [-0.4, -0.2) is 17.9 Å². The summed E-state index contributed by atoms with van der Waals surface area (Å²) in [5.74, 6) is -1.66. The molecule has 0 aliphatic carbocycles. The van der Waals surface area contributed by atoms with Crippen LogP contribution in [0.3, 0.4) is 0 Å². The van der Waals surface area contributed by atoms with E-state index in [-0.39, 0.29) is 0 Å². The fourth-order valence-corrected chi connectivity index (χ4v) is 4.88. The van der Waals surface area contributed by atoms with Gasteiger partial charge >= 0.3 is 0 Å². The first-order chi connectivity index (χ1) is 15.0. The highest BCUT2D eigenvalue weighted by molar-refractivity contribution is 6.36. The number of hydroxylamine groups is 1. The first-order valence-electron chi connectivity index (χ1n) is 9.55. The molecule has 0 radical (unpaired) electrons. The average Bonchev–Trinajstić information content (AvgIpc) is 3.26. The van der Waals surface area contributed by atoms with Gasteiger partial charge in [0.1, 0.15) is 5.92 Å². The minimum atomic E-state index is -0.999. The summed E-state index contributed by atoms with van der Waals surface area (Å²) < 4.78 is 0. The molecule has 2 fully saturated rings. The summed E-state index contributed by atoms with van der Waals surface area (Å²) in [6.45, 7) is 0. The molecule has 3 aromatic rings. The molecule has 156 valence electrons. The van der Waals surface area contributed by atoms with Gasteiger partial charge in [0.25, 0.3) is 5.91 Å². The molecule has 0 N–H and O–H groups in total. The second kappa shape index (κ2) is 7.84. The minimum Gasteiger partial charge on any atom is -0.273 e. The molecule has 0 bridgehead atoms. The van der Waals surface area contributed by atoms with E-state index in [9.17, 15) is 9.59 Å². The SMILES string of the molecule is O=C1[C@H]2[C@@H](c3ccc(Cl)cc3Cl)N(c3ccccc3)O[C@H]2C(=O)N1c1ccccc1Cl. The lowest BCUT2D eigenvalue weighted by Crippen LogP contribution is -2.37. The second-order valence-electron chi connectivity index (χ2n) is 7.29. The maximum absolute atomic E-state index is 13.6. The van der Waals surface area contributed by atoms with Crippen molar-refractivity contribution in [1.82, 2.24) is 0 Å². The number of hydrogen-bond donors (Lipinski definition) is 0. The number of benzene rings is 3. The number of nitrogens with zero attached hydrogens (tertiary/aromatic N) is 2. The lowest BCUT2D eigenvalue weighted by Gasteiger charge is -2.29. The highest BCUT2D eigenvalue weighted by atomic mass is 35.5. The van der Waals surface area contributed by atoms with E-state index < -0.39 is 29.9 Å². The van der Waals surface area contributed by atoms with Gasteiger partial charge in [0, 0.05) is 10.0 Å². The number of fused-ring (bicyclic) bond motifs is 1. The van der Waals surface area contributed by atoms with Gasteiger partial charge in [-0.3, -0.25) is 14.4 Å². The average molecular weight is 474 g/mol. The van der Waals surface area contributed by atoms with E-state index in [0.717, 1.165) is 4.90 Å². The summed E-state index contributed by atoms with van der Waals surface area (Å²) in [5, 5.41) is 2.76. The van der Waals surface area contributed by atoms with Crippen LogP contribution in [0.5, 0.6) is 0 Å². The number of rotatable bonds is 3. The van der Waals surface area contributed by atoms with Crippen molar-refractivity contribution in [2.75, 3.05) is 9.96 Å². The number of hydrogen-bond acceptors (Lipinski definition) is 4. The van der Waals surface area contributed by atoms with Crippen molar-refractivity contribution in [3.63, 3.8) is 0 Å². The number of halogens is 3. The molecule has 2 heterocycles. The monoisotopic (exact) mass is 472 g/mol. The Kier molecular flexibility index (Phi) is 5.15. The summed E-state index contributed by atoms with van der Waals surface area (Å²) in [4.78, 5) is 34.0. The lowest BCUT2D eigenvalue weighted by atomic mass is 9.90. The van der Waals surface area contributed by atoms with Gasteiger partial charge in [-0.15, -0.1) is 0 Å². The number of amides is 2. The van der Waals surface area contributed by atoms with Crippen molar-refractivity contribution in [2.45, 2.75) is 12.1 Å². The Morgan fingerprint density at radius 3 is 2.19 bits per heavy atom. The zero-order chi connectivity index (χ0) is 21.7. The van der Waals surface area contributed by atoms with Crippen LogP contribution in [0.4, 0.5) is 11.4 Å². The molecule has 2 amide bonds. The van der Waals surface area contributed by atoms with Crippen molar-refractivity contribution in [3.8, 4) is 0 Å². The van der Waals surface area contributed by atoms with Gasteiger partial charge in [-0.2, -0.15) is 0 Å².